The first kappa shape index (κ1) is 15.8. The Morgan fingerprint density at radius 1 is 1.55 bits per heavy atom. The van der Waals surface area contributed by atoms with E-state index in [1.807, 2.05) is 25.5 Å². The fourth-order valence-electron chi connectivity index (χ4n) is 2.59. The van der Waals surface area contributed by atoms with Gasteiger partial charge in [0.15, 0.2) is 0 Å². The quantitative estimate of drug-likeness (QED) is 0.840. The van der Waals surface area contributed by atoms with Crippen molar-refractivity contribution >= 4 is 11.6 Å². The maximum Gasteiger partial charge on any atom is 0.105 e. The molecule has 0 aliphatic carbocycles. The third kappa shape index (κ3) is 3.01. The van der Waals surface area contributed by atoms with Gasteiger partial charge in [-0.25, -0.2) is 0 Å². The molecule has 0 bridgehead atoms. The van der Waals surface area contributed by atoms with E-state index in [1.165, 1.54) is 0 Å². The monoisotopic (exact) mass is 301 g/mol. The van der Waals surface area contributed by atoms with Gasteiger partial charge in [-0.2, -0.15) is 5.10 Å². The van der Waals surface area contributed by atoms with Crippen LogP contribution in [0.3, 0.4) is 0 Å². The Hall–Kier alpha value is -0.620. The average molecular weight is 302 g/mol. The van der Waals surface area contributed by atoms with Gasteiger partial charge in [0.25, 0.3) is 0 Å². The molecule has 0 aromatic carbocycles. The summed E-state index contributed by atoms with van der Waals surface area (Å²) in [6, 6.07) is 0. The molecular weight excluding hydrogens is 278 g/mol. The number of ether oxygens (including phenoxy) is 1. The number of nitrogens with zero attached hydrogens (tertiary/aromatic N) is 2. The topological polar surface area (TPSA) is 59.3 Å². The van der Waals surface area contributed by atoms with Crippen molar-refractivity contribution in [2.75, 3.05) is 13.2 Å². The fourth-order valence-corrected chi connectivity index (χ4v) is 2.92. The summed E-state index contributed by atoms with van der Waals surface area (Å²) < 4.78 is 7.35. The number of aromatic nitrogens is 2. The number of halogens is 1. The Kier molecular flexibility index (Phi) is 5.07. The van der Waals surface area contributed by atoms with Gasteiger partial charge in [-0.15, -0.1) is 0 Å². The molecule has 2 atom stereocenters. The summed E-state index contributed by atoms with van der Waals surface area (Å²) >= 11 is 6.36. The minimum Gasteiger partial charge on any atom is -0.386 e. The first-order valence-electron chi connectivity index (χ1n) is 7.30. The van der Waals surface area contributed by atoms with E-state index in [-0.39, 0.29) is 6.10 Å². The van der Waals surface area contributed by atoms with Gasteiger partial charge in [0.05, 0.1) is 22.5 Å². The maximum atomic E-state index is 10.4. The van der Waals surface area contributed by atoms with Crippen LogP contribution in [0.5, 0.6) is 0 Å². The van der Waals surface area contributed by atoms with Crippen LogP contribution < -0.4 is 5.32 Å². The molecule has 0 radical (unpaired) electrons. The van der Waals surface area contributed by atoms with Crippen molar-refractivity contribution < 1.29 is 9.84 Å². The Balaban J connectivity index is 1.99. The molecule has 1 aromatic heterocycles. The number of rotatable bonds is 6. The Morgan fingerprint density at radius 3 is 2.85 bits per heavy atom. The lowest BCUT2D eigenvalue weighted by atomic mass is 9.97. The number of hydrogen-bond acceptors (Lipinski definition) is 4. The van der Waals surface area contributed by atoms with Gasteiger partial charge in [0, 0.05) is 32.7 Å². The Bertz CT molecular complexity index is 464. The number of aliphatic hydroxyl groups is 1. The number of hydrogen-bond donors (Lipinski definition) is 2. The van der Waals surface area contributed by atoms with Crippen LogP contribution in [0, 0.1) is 0 Å². The molecule has 0 spiro atoms. The summed E-state index contributed by atoms with van der Waals surface area (Å²) in [4.78, 5) is 0. The molecule has 1 aromatic rings. The van der Waals surface area contributed by atoms with E-state index < -0.39 is 5.60 Å². The van der Waals surface area contributed by atoms with Gasteiger partial charge >= 0.3 is 0 Å². The second-order valence-corrected chi connectivity index (χ2v) is 5.72. The molecule has 1 fully saturated rings. The molecule has 5 nitrogen and oxygen atoms in total. The molecule has 1 aliphatic rings. The molecule has 0 amide bonds. The van der Waals surface area contributed by atoms with Crippen LogP contribution in [0.15, 0.2) is 0 Å². The van der Waals surface area contributed by atoms with Crippen LogP contribution >= 0.6 is 11.6 Å². The average Bonchev–Trinajstić information content (AvgIpc) is 2.92. The summed E-state index contributed by atoms with van der Waals surface area (Å²) in [5.41, 5.74) is 1.14. The lowest BCUT2D eigenvalue weighted by molar-refractivity contribution is -0.0263. The van der Waals surface area contributed by atoms with Crippen molar-refractivity contribution in [1.82, 2.24) is 15.1 Å². The van der Waals surface area contributed by atoms with Crippen molar-refractivity contribution in [2.24, 2.45) is 0 Å². The lowest BCUT2D eigenvalue weighted by Crippen LogP contribution is -2.45. The van der Waals surface area contributed by atoms with Crippen LogP contribution in [0.4, 0.5) is 0 Å². The van der Waals surface area contributed by atoms with Crippen LogP contribution in [0.25, 0.3) is 0 Å². The third-order valence-electron chi connectivity index (χ3n) is 4.08. The highest BCUT2D eigenvalue weighted by Crippen LogP contribution is 2.25. The van der Waals surface area contributed by atoms with Gasteiger partial charge in [-0.05, 0) is 20.3 Å². The van der Waals surface area contributed by atoms with Crippen molar-refractivity contribution in [1.29, 1.82) is 0 Å². The Labute approximate surface area is 125 Å². The van der Waals surface area contributed by atoms with Crippen molar-refractivity contribution in [3.8, 4) is 0 Å². The summed E-state index contributed by atoms with van der Waals surface area (Å²) in [6.45, 7) is 8.52. The van der Waals surface area contributed by atoms with E-state index in [0.29, 0.717) is 26.1 Å². The van der Waals surface area contributed by atoms with Gasteiger partial charge < -0.3 is 15.2 Å². The van der Waals surface area contributed by atoms with Crippen LogP contribution in [-0.4, -0.2) is 39.7 Å². The molecule has 0 saturated carbocycles. The third-order valence-corrected chi connectivity index (χ3v) is 4.51. The van der Waals surface area contributed by atoms with E-state index in [1.54, 1.807) is 0 Å². The predicted molar refractivity (Wildman–Crippen MR) is 79.0 cm³/mol. The highest BCUT2D eigenvalue weighted by Gasteiger charge is 2.39. The summed E-state index contributed by atoms with van der Waals surface area (Å²) in [5.74, 6) is 0. The highest BCUT2D eigenvalue weighted by atomic mass is 35.5. The zero-order chi connectivity index (χ0) is 14.8. The van der Waals surface area contributed by atoms with Gasteiger partial charge in [-0.3, -0.25) is 4.68 Å². The van der Waals surface area contributed by atoms with Crippen molar-refractivity contribution in [3.63, 3.8) is 0 Å². The first-order valence-corrected chi connectivity index (χ1v) is 7.68. The van der Waals surface area contributed by atoms with Crippen LogP contribution in [-0.2, 0) is 24.2 Å². The number of nitrogens with one attached hydrogen (secondary N) is 1. The van der Waals surface area contributed by atoms with Crippen molar-refractivity contribution in [2.45, 2.75) is 58.4 Å². The van der Waals surface area contributed by atoms with E-state index in [4.69, 9.17) is 16.3 Å². The zero-order valence-electron chi connectivity index (χ0n) is 12.4. The first-order chi connectivity index (χ1) is 9.51. The van der Waals surface area contributed by atoms with E-state index in [2.05, 4.69) is 10.4 Å². The fraction of sp³-hybridized carbons (Fsp3) is 0.786. The van der Waals surface area contributed by atoms with E-state index in [9.17, 15) is 5.11 Å². The standard InChI is InChI=1S/C14H24ClN3O2/c1-4-11-13(15)12(18(5-2)17-11)8-16-9-14(19)6-7-20-10(14)3/h10,16,19H,4-9H2,1-3H3. The molecule has 20 heavy (non-hydrogen) atoms. The minimum absolute atomic E-state index is 0.132. The summed E-state index contributed by atoms with van der Waals surface area (Å²) in [6.07, 6.45) is 1.36. The largest absolute Gasteiger partial charge is 0.386 e. The number of aryl methyl sites for hydroxylation is 2. The van der Waals surface area contributed by atoms with Gasteiger partial charge in [-0.1, -0.05) is 18.5 Å². The summed E-state index contributed by atoms with van der Waals surface area (Å²) in [7, 11) is 0. The molecular formula is C14H24ClN3O2. The lowest BCUT2D eigenvalue weighted by Gasteiger charge is -2.26. The zero-order valence-corrected chi connectivity index (χ0v) is 13.2. The normalized spacial score (nSPS) is 26.4. The van der Waals surface area contributed by atoms with E-state index in [0.717, 1.165) is 29.4 Å². The molecule has 1 aliphatic heterocycles. The van der Waals surface area contributed by atoms with Gasteiger partial charge in [0.1, 0.15) is 5.60 Å². The molecule has 2 rings (SSSR count). The molecule has 6 heteroatoms. The predicted octanol–water partition coefficient (Wildman–Crippen LogP) is 1.75. The smallest absolute Gasteiger partial charge is 0.105 e. The van der Waals surface area contributed by atoms with Crippen LogP contribution in [0.2, 0.25) is 5.02 Å². The highest BCUT2D eigenvalue weighted by molar-refractivity contribution is 6.31. The Morgan fingerprint density at radius 2 is 2.30 bits per heavy atom. The van der Waals surface area contributed by atoms with Crippen LogP contribution in [0.1, 0.15) is 38.6 Å². The molecule has 2 unspecified atom stereocenters. The maximum absolute atomic E-state index is 10.4. The minimum atomic E-state index is -0.781. The summed E-state index contributed by atoms with van der Waals surface area (Å²) in [5, 5.41) is 19.0. The molecule has 2 N–H and O–H groups in total. The van der Waals surface area contributed by atoms with Crippen molar-refractivity contribution in [3.05, 3.63) is 16.4 Å². The molecule has 1 saturated heterocycles. The SMILES string of the molecule is CCc1nn(CC)c(CNCC2(O)CCOC2C)c1Cl. The molecule has 114 valence electrons. The second-order valence-electron chi connectivity index (χ2n) is 5.35. The van der Waals surface area contributed by atoms with Gasteiger partial charge in [0.2, 0.25) is 0 Å². The molecule has 2 heterocycles. The second kappa shape index (κ2) is 6.43. The van der Waals surface area contributed by atoms with E-state index >= 15 is 0 Å².